The van der Waals surface area contributed by atoms with Gasteiger partial charge in [0, 0.05) is 19.3 Å². The van der Waals surface area contributed by atoms with Crippen LogP contribution in [0, 0.1) is 0 Å². The quantitative estimate of drug-likeness (QED) is 0.0262. The Morgan fingerprint density at radius 2 is 0.565 bits per heavy atom. The lowest BCUT2D eigenvalue weighted by molar-refractivity contribution is -0.167. The van der Waals surface area contributed by atoms with E-state index in [4.69, 9.17) is 14.2 Å². The van der Waals surface area contributed by atoms with Crippen LogP contribution in [0.1, 0.15) is 278 Å². The van der Waals surface area contributed by atoms with Gasteiger partial charge in [-0.25, -0.2) is 0 Å². The van der Waals surface area contributed by atoms with E-state index < -0.39 is 6.10 Å². The molecule has 0 N–H and O–H groups in total. The van der Waals surface area contributed by atoms with Crippen molar-refractivity contribution in [3.05, 3.63) is 85.1 Å². The van der Waals surface area contributed by atoms with E-state index in [1.54, 1.807) is 0 Å². The van der Waals surface area contributed by atoms with E-state index in [9.17, 15) is 14.4 Å². The van der Waals surface area contributed by atoms with Crippen LogP contribution in [0.3, 0.4) is 0 Å². The van der Waals surface area contributed by atoms with Crippen LogP contribution in [0.25, 0.3) is 0 Å². The van der Waals surface area contributed by atoms with E-state index in [1.165, 1.54) is 141 Å². The SMILES string of the molecule is CC/C=C\C/C=C\C/C=C\C/C=C\C/C=C\C/C=C\CCCCC(=O)OCC(COC(=O)CCCCCCCCCCCCCCC)OC(=O)CCCCCCCCC/C=C\CCCCCCCC. The van der Waals surface area contributed by atoms with E-state index in [1.807, 2.05) is 0 Å². The zero-order valence-electron chi connectivity index (χ0n) is 45.3. The Kier molecular flexibility index (Phi) is 54.3. The standard InChI is InChI=1S/C63H108O6/c1-4-7-10-13-16-19-22-25-27-29-30-31-32-34-35-38-41-44-47-50-53-56-62(65)68-59-60(58-67-61(64)55-52-49-46-43-40-37-24-21-18-15-12-9-6-3)69-63(66)57-54-51-48-45-42-39-36-33-28-26-23-20-17-14-11-8-5-2/h7,10,16,19,25-28,30-31,34-35,41,44,60H,4-6,8-9,11-15,17-18,20-24,29,32-33,36-40,42-43,45-59H2,1-3H3/b10-7-,19-16-,27-25-,28-26-,31-30-,35-34-,44-41-. The number of allylic oxidation sites excluding steroid dienone is 14. The van der Waals surface area contributed by atoms with Gasteiger partial charge in [-0.05, 0) is 96.3 Å². The molecule has 0 aliphatic heterocycles. The highest BCUT2D eigenvalue weighted by Crippen LogP contribution is 2.15. The first-order valence-electron chi connectivity index (χ1n) is 29.1. The van der Waals surface area contributed by atoms with Crippen LogP contribution in [-0.4, -0.2) is 37.2 Å². The number of hydrogen-bond donors (Lipinski definition) is 0. The van der Waals surface area contributed by atoms with Gasteiger partial charge in [0.25, 0.3) is 0 Å². The summed E-state index contributed by atoms with van der Waals surface area (Å²) in [5.74, 6) is -0.932. The third-order valence-corrected chi connectivity index (χ3v) is 12.4. The summed E-state index contributed by atoms with van der Waals surface area (Å²) < 4.78 is 16.8. The van der Waals surface area contributed by atoms with Crippen molar-refractivity contribution in [1.82, 2.24) is 0 Å². The zero-order chi connectivity index (χ0) is 50.0. The van der Waals surface area contributed by atoms with Crippen molar-refractivity contribution in [2.75, 3.05) is 13.2 Å². The normalized spacial score (nSPS) is 12.7. The summed E-state index contributed by atoms with van der Waals surface area (Å²) in [4.78, 5) is 38.1. The number of carbonyl (C=O) groups excluding carboxylic acids is 3. The van der Waals surface area contributed by atoms with Crippen LogP contribution in [0.2, 0.25) is 0 Å². The van der Waals surface area contributed by atoms with Crippen LogP contribution in [-0.2, 0) is 28.6 Å². The maximum Gasteiger partial charge on any atom is 0.306 e. The molecule has 0 aromatic heterocycles. The predicted octanol–water partition coefficient (Wildman–Crippen LogP) is 19.5. The average Bonchev–Trinajstić information content (AvgIpc) is 3.35. The second-order valence-corrected chi connectivity index (χ2v) is 19.2. The monoisotopic (exact) mass is 961 g/mol. The third kappa shape index (κ3) is 55.4. The van der Waals surface area contributed by atoms with E-state index in [0.717, 1.165) is 96.3 Å². The Morgan fingerprint density at radius 1 is 0.304 bits per heavy atom. The van der Waals surface area contributed by atoms with E-state index in [2.05, 4.69) is 106 Å². The molecular weight excluding hydrogens is 853 g/mol. The first-order valence-corrected chi connectivity index (χ1v) is 29.1. The molecule has 0 saturated carbocycles. The molecule has 396 valence electrons. The summed E-state index contributed by atoms with van der Waals surface area (Å²) in [6, 6.07) is 0. The Bertz CT molecular complexity index is 1330. The Hall–Kier alpha value is -3.41. The van der Waals surface area contributed by atoms with Gasteiger partial charge in [0.15, 0.2) is 6.10 Å². The molecule has 0 fully saturated rings. The lowest BCUT2D eigenvalue weighted by Crippen LogP contribution is -2.30. The number of hydrogen-bond acceptors (Lipinski definition) is 6. The van der Waals surface area contributed by atoms with Crippen molar-refractivity contribution < 1.29 is 28.6 Å². The summed E-state index contributed by atoms with van der Waals surface area (Å²) in [7, 11) is 0. The van der Waals surface area contributed by atoms with Crippen molar-refractivity contribution in [2.45, 2.75) is 284 Å². The molecule has 0 aliphatic rings. The number of unbranched alkanes of at least 4 members (excludes halogenated alkanes) is 27. The minimum absolute atomic E-state index is 0.0901. The highest BCUT2D eigenvalue weighted by Gasteiger charge is 2.19. The van der Waals surface area contributed by atoms with Gasteiger partial charge >= 0.3 is 17.9 Å². The molecule has 6 nitrogen and oxygen atoms in total. The fraction of sp³-hybridized carbons (Fsp3) is 0.730. The van der Waals surface area contributed by atoms with Gasteiger partial charge in [-0.3, -0.25) is 14.4 Å². The molecule has 69 heavy (non-hydrogen) atoms. The molecule has 0 amide bonds. The van der Waals surface area contributed by atoms with Gasteiger partial charge in [-0.15, -0.1) is 0 Å². The smallest absolute Gasteiger partial charge is 0.306 e. The van der Waals surface area contributed by atoms with Crippen molar-refractivity contribution in [3.63, 3.8) is 0 Å². The summed E-state index contributed by atoms with van der Waals surface area (Å²) in [6.45, 7) is 6.50. The third-order valence-electron chi connectivity index (χ3n) is 12.4. The molecular formula is C63H108O6. The molecule has 1 unspecified atom stereocenters. The van der Waals surface area contributed by atoms with Gasteiger partial charge in [0.2, 0.25) is 0 Å². The average molecular weight is 962 g/mol. The number of carbonyl (C=O) groups is 3. The van der Waals surface area contributed by atoms with E-state index >= 15 is 0 Å². The number of esters is 3. The van der Waals surface area contributed by atoms with Crippen LogP contribution in [0.4, 0.5) is 0 Å². The summed E-state index contributed by atoms with van der Waals surface area (Å²) in [6.07, 6.45) is 74.3. The second-order valence-electron chi connectivity index (χ2n) is 19.2. The molecule has 0 aromatic carbocycles. The van der Waals surface area contributed by atoms with Crippen molar-refractivity contribution in [3.8, 4) is 0 Å². The van der Waals surface area contributed by atoms with Crippen LogP contribution >= 0.6 is 0 Å². The molecule has 0 spiro atoms. The van der Waals surface area contributed by atoms with Crippen molar-refractivity contribution in [2.24, 2.45) is 0 Å². The Balaban J connectivity index is 4.44. The molecule has 0 aliphatic carbocycles. The molecule has 0 rings (SSSR count). The summed E-state index contributed by atoms with van der Waals surface area (Å²) in [5.41, 5.74) is 0. The molecule has 0 radical (unpaired) electrons. The molecule has 0 heterocycles. The molecule has 6 heteroatoms. The fourth-order valence-corrected chi connectivity index (χ4v) is 8.03. The second kappa shape index (κ2) is 57.2. The van der Waals surface area contributed by atoms with Crippen molar-refractivity contribution in [1.29, 1.82) is 0 Å². The van der Waals surface area contributed by atoms with Crippen LogP contribution in [0.5, 0.6) is 0 Å². The zero-order valence-corrected chi connectivity index (χ0v) is 45.3. The molecule has 0 saturated heterocycles. The molecule has 1 atom stereocenters. The van der Waals surface area contributed by atoms with Gasteiger partial charge in [-0.1, -0.05) is 247 Å². The predicted molar refractivity (Wildman–Crippen MR) is 297 cm³/mol. The number of ether oxygens (including phenoxy) is 3. The Morgan fingerprint density at radius 3 is 0.928 bits per heavy atom. The van der Waals surface area contributed by atoms with Crippen LogP contribution < -0.4 is 0 Å². The molecule has 0 aromatic rings. The fourth-order valence-electron chi connectivity index (χ4n) is 8.03. The minimum Gasteiger partial charge on any atom is -0.462 e. The van der Waals surface area contributed by atoms with E-state index in [0.29, 0.717) is 19.3 Å². The highest BCUT2D eigenvalue weighted by atomic mass is 16.6. The maximum atomic E-state index is 12.9. The molecule has 0 bridgehead atoms. The van der Waals surface area contributed by atoms with Gasteiger partial charge < -0.3 is 14.2 Å². The van der Waals surface area contributed by atoms with Gasteiger partial charge in [0.1, 0.15) is 13.2 Å². The van der Waals surface area contributed by atoms with Crippen molar-refractivity contribution >= 4 is 17.9 Å². The summed E-state index contributed by atoms with van der Waals surface area (Å²) >= 11 is 0. The first-order chi connectivity index (χ1) is 34.0. The van der Waals surface area contributed by atoms with Crippen LogP contribution in [0.15, 0.2) is 85.1 Å². The lowest BCUT2D eigenvalue weighted by Gasteiger charge is -2.18. The number of rotatable bonds is 52. The largest absolute Gasteiger partial charge is 0.462 e. The van der Waals surface area contributed by atoms with E-state index in [-0.39, 0.29) is 31.1 Å². The maximum absolute atomic E-state index is 12.9. The first kappa shape index (κ1) is 65.6. The van der Waals surface area contributed by atoms with Gasteiger partial charge in [-0.2, -0.15) is 0 Å². The summed E-state index contributed by atoms with van der Waals surface area (Å²) in [5, 5.41) is 0. The van der Waals surface area contributed by atoms with Gasteiger partial charge in [0.05, 0.1) is 0 Å². The Labute approximate surface area is 426 Å². The lowest BCUT2D eigenvalue weighted by atomic mass is 10.0. The highest BCUT2D eigenvalue weighted by molar-refractivity contribution is 5.71. The topological polar surface area (TPSA) is 78.9 Å². The minimum atomic E-state index is -0.796.